The van der Waals surface area contributed by atoms with E-state index >= 15 is 0 Å². The molecular weight excluding hydrogens is 605 g/mol. The highest BCUT2D eigenvalue weighted by Gasteiger charge is 2.38. The Labute approximate surface area is 249 Å². The summed E-state index contributed by atoms with van der Waals surface area (Å²) < 4.78 is 58.8. The van der Waals surface area contributed by atoms with Gasteiger partial charge in [-0.05, 0) is 54.1 Å². The minimum Gasteiger partial charge on any atom is -0.480 e. The number of halogens is 3. The van der Waals surface area contributed by atoms with Crippen LogP contribution in [0.4, 0.5) is 19.0 Å². The number of nitrogens with one attached hydrogen (secondary N) is 2. The van der Waals surface area contributed by atoms with Gasteiger partial charge >= 0.3 is 18.1 Å². The van der Waals surface area contributed by atoms with Crippen LogP contribution in [0.2, 0.25) is 0 Å². The number of hydrogen-bond acceptors (Lipinski definition) is 7. The molecule has 1 heterocycles. The fourth-order valence-electron chi connectivity index (χ4n) is 3.90. The lowest BCUT2D eigenvalue weighted by Gasteiger charge is -2.16. The number of aromatic nitrogens is 1. The maximum Gasteiger partial charge on any atom is 0.490 e. The van der Waals surface area contributed by atoms with Gasteiger partial charge in [-0.25, -0.2) is 18.2 Å². The molecule has 0 aliphatic carbocycles. The molecule has 1 atom stereocenters. The number of carbonyl (C=O) groups is 3. The van der Waals surface area contributed by atoms with Crippen molar-refractivity contribution >= 4 is 44.5 Å². The summed E-state index contributed by atoms with van der Waals surface area (Å²) in [5.41, 5.74) is 8.16. The first kappa shape index (κ1) is 33.5. The minimum atomic E-state index is -5.08. The van der Waals surface area contributed by atoms with Gasteiger partial charge < -0.3 is 21.3 Å². The molecule has 0 saturated heterocycles. The highest BCUT2D eigenvalue weighted by atomic mass is 32.2. The third-order valence-electron chi connectivity index (χ3n) is 6.06. The maximum absolute atomic E-state index is 12.6. The number of alkyl halides is 3. The van der Waals surface area contributed by atoms with E-state index in [4.69, 9.17) is 15.6 Å². The van der Waals surface area contributed by atoms with Crippen molar-refractivity contribution in [3.8, 4) is 0 Å². The summed E-state index contributed by atoms with van der Waals surface area (Å²) in [7, 11) is -4.06. The molecular formula is C29H27F3N4O7S. The summed E-state index contributed by atoms with van der Waals surface area (Å²) in [6.45, 7) is -0.420. The number of carboxylic acid groups (broad SMARTS) is 2. The molecule has 15 heteroatoms. The zero-order valence-corrected chi connectivity index (χ0v) is 23.6. The number of amides is 1. The second kappa shape index (κ2) is 14.4. The molecule has 0 aliphatic heterocycles. The number of benzene rings is 3. The van der Waals surface area contributed by atoms with Crippen molar-refractivity contribution < 1.29 is 46.2 Å². The fraction of sp³-hybridized carbons (Fsp3) is 0.172. The van der Waals surface area contributed by atoms with E-state index in [0.29, 0.717) is 24.2 Å². The molecule has 0 bridgehead atoms. The van der Waals surface area contributed by atoms with Crippen LogP contribution in [-0.2, 0) is 32.5 Å². The van der Waals surface area contributed by atoms with E-state index in [1.165, 1.54) is 24.3 Å². The highest BCUT2D eigenvalue weighted by Crippen LogP contribution is 2.21. The van der Waals surface area contributed by atoms with Crippen LogP contribution in [0.1, 0.15) is 21.6 Å². The molecule has 0 saturated carbocycles. The second-order valence-corrected chi connectivity index (χ2v) is 11.0. The third-order valence-corrected chi connectivity index (χ3v) is 7.55. The first-order valence-corrected chi connectivity index (χ1v) is 14.3. The SMILES string of the molecule is Nc1cc2ccccc2c(CCc2ccc(C(=O)NC[C@H](NS(=O)(=O)c3ccccc3)C(=O)O)cc2)n1.O=C(O)C(F)(F)F. The molecule has 44 heavy (non-hydrogen) atoms. The normalized spacial score (nSPS) is 12.1. The van der Waals surface area contributed by atoms with Gasteiger partial charge in [0.05, 0.1) is 10.6 Å². The first-order valence-electron chi connectivity index (χ1n) is 12.8. The predicted octanol–water partition coefficient (Wildman–Crippen LogP) is 3.40. The number of nitrogens with zero attached hydrogens (tertiary/aromatic N) is 1. The van der Waals surface area contributed by atoms with Gasteiger partial charge in [0.1, 0.15) is 11.9 Å². The van der Waals surface area contributed by atoms with Gasteiger partial charge in [0.2, 0.25) is 10.0 Å². The van der Waals surface area contributed by atoms with Crippen molar-refractivity contribution in [1.29, 1.82) is 0 Å². The number of pyridine rings is 1. The Morgan fingerprint density at radius 1 is 0.886 bits per heavy atom. The summed E-state index contributed by atoms with van der Waals surface area (Å²) in [4.78, 5) is 37.5. The number of hydrogen-bond donors (Lipinski definition) is 5. The van der Waals surface area contributed by atoms with E-state index in [1.807, 2.05) is 42.5 Å². The molecule has 0 aliphatic rings. The van der Waals surface area contributed by atoms with Crippen LogP contribution in [0.5, 0.6) is 0 Å². The van der Waals surface area contributed by atoms with Crippen LogP contribution in [0, 0.1) is 0 Å². The standard InChI is InChI=1S/C27H26N4O5S.C2HF3O2/c28-25-16-20-6-4-5-9-22(20)23(30-25)15-12-18-10-13-19(14-11-18)26(32)29-17-24(27(33)34)31-37(35,36)21-7-2-1-3-8-21;3-2(4,5)1(6)7/h1-11,13-14,16,24,31H,12,15,17H2,(H2,28,30)(H,29,32)(H,33,34);(H,6,7)/t24-;/m0./s1. The topological polar surface area (TPSA) is 189 Å². The van der Waals surface area contributed by atoms with Gasteiger partial charge in [-0.3, -0.25) is 9.59 Å². The number of carboxylic acids is 2. The minimum absolute atomic E-state index is 0.0652. The number of nitrogens with two attached hydrogens (primary N) is 1. The van der Waals surface area contributed by atoms with Crippen molar-refractivity contribution in [3.05, 3.63) is 102 Å². The van der Waals surface area contributed by atoms with Crippen LogP contribution >= 0.6 is 0 Å². The van der Waals surface area contributed by atoms with E-state index in [-0.39, 0.29) is 4.90 Å². The van der Waals surface area contributed by atoms with Crippen LogP contribution in [0.25, 0.3) is 10.8 Å². The summed E-state index contributed by atoms with van der Waals surface area (Å²) >= 11 is 0. The molecule has 4 aromatic rings. The van der Waals surface area contributed by atoms with Crippen LogP contribution < -0.4 is 15.8 Å². The van der Waals surface area contributed by atoms with Crippen molar-refractivity contribution in [3.63, 3.8) is 0 Å². The first-order chi connectivity index (χ1) is 20.7. The molecule has 0 fully saturated rings. The Kier molecular flexibility index (Phi) is 11.0. The number of sulfonamides is 1. The van der Waals surface area contributed by atoms with Gasteiger partial charge in [0.15, 0.2) is 0 Å². The number of aliphatic carboxylic acids is 2. The van der Waals surface area contributed by atoms with Crippen molar-refractivity contribution in [2.24, 2.45) is 0 Å². The molecule has 0 unspecified atom stereocenters. The second-order valence-electron chi connectivity index (χ2n) is 9.25. The van der Waals surface area contributed by atoms with E-state index in [2.05, 4.69) is 15.0 Å². The lowest BCUT2D eigenvalue weighted by Crippen LogP contribution is -2.48. The van der Waals surface area contributed by atoms with Crippen LogP contribution in [0.3, 0.4) is 0 Å². The molecule has 4 rings (SSSR count). The number of rotatable bonds is 10. The Hall–Kier alpha value is -5.02. The van der Waals surface area contributed by atoms with Gasteiger partial charge in [-0.1, -0.05) is 54.6 Å². The zero-order chi connectivity index (χ0) is 32.5. The number of aryl methyl sites for hydroxylation is 2. The summed E-state index contributed by atoms with van der Waals surface area (Å²) in [5, 5.41) is 21.1. The van der Waals surface area contributed by atoms with Gasteiger partial charge in [-0.15, -0.1) is 0 Å². The Morgan fingerprint density at radius 3 is 2.07 bits per heavy atom. The molecule has 232 valence electrons. The monoisotopic (exact) mass is 632 g/mol. The number of carbonyl (C=O) groups excluding carboxylic acids is 1. The van der Waals surface area contributed by atoms with Crippen molar-refractivity contribution in [2.45, 2.75) is 30.0 Å². The molecule has 6 N–H and O–H groups in total. The summed E-state index contributed by atoms with van der Waals surface area (Å²) in [6.07, 6.45) is -3.73. The number of fused-ring (bicyclic) bond motifs is 1. The van der Waals surface area contributed by atoms with Gasteiger partial charge in [-0.2, -0.15) is 17.9 Å². The average molecular weight is 633 g/mol. The van der Waals surface area contributed by atoms with Crippen LogP contribution in [-0.4, -0.2) is 60.2 Å². The largest absolute Gasteiger partial charge is 0.490 e. The van der Waals surface area contributed by atoms with Gasteiger partial charge in [0.25, 0.3) is 5.91 Å². The molecule has 1 aromatic heterocycles. The van der Waals surface area contributed by atoms with E-state index in [9.17, 15) is 36.3 Å². The lowest BCUT2D eigenvalue weighted by atomic mass is 10.0. The average Bonchev–Trinajstić information content (AvgIpc) is 2.98. The number of nitrogen functional groups attached to an aromatic ring is 1. The Morgan fingerprint density at radius 2 is 1.48 bits per heavy atom. The van der Waals surface area contributed by atoms with E-state index in [1.54, 1.807) is 18.2 Å². The number of anilines is 1. The lowest BCUT2D eigenvalue weighted by molar-refractivity contribution is -0.192. The van der Waals surface area contributed by atoms with Gasteiger partial charge in [0, 0.05) is 17.5 Å². The molecule has 0 spiro atoms. The van der Waals surface area contributed by atoms with Crippen molar-refractivity contribution in [1.82, 2.24) is 15.0 Å². The Balaban J connectivity index is 0.000000676. The molecule has 11 nitrogen and oxygen atoms in total. The molecule has 0 radical (unpaired) electrons. The van der Waals surface area contributed by atoms with E-state index in [0.717, 1.165) is 22.0 Å². The predicted molar refractivity (Wildman–Crippen MR) is 154 cm³/mol. The zero-order valence-electron chi connectivity index (χ0n) is 22.8. The quantitative estimate of drug-likeness (QED) is 0.175. The summed E-state index contributed by atoms with van der Waals surface area (Å²) in [5.74, 6) is -4.21. The fourth-order valence-corrected chi connectivity index (χ4v) is 5.11. The van der Waals surface area contributed by atoms with E-state index < -0.39 is 46.6 Å². The maximum atomic E-state index is 12.6. The summed E-state index contributed by atoms with van der Waals surface area (Å²) in [6, 6.07) is 22.5. The molecule has 1 amide bonds. The third kappa shape index (κ3) is 9.50. The highest BCUT2D eigenvalue weighted by molar-refractivity contribution is 7.89. The molecule has 3 aromatic carbocycles. The Bertz CT molecular complexity index is 1730. The smallest absolute Gasteiger partial charge is 0.480 e. The van der Waals surface area contributed by atoms with Crippen molar-refractivity contribution in [2.75, 3.05) is 12.3 Å². The van der Waals surface area contributed by atoms with Crippen LogP contribution in [0.15, 0.2) is 89.8 Å².